The van der Waals surface area contributed by atoms with E-state index in [9.17, 15) is 0 Å². The Morgan fingerprint density at radius 2 is 2.05 bits per heavy atom. The van der Waals surface area contributed by atoms with E-state index in [2.05, 4.69) is 31.4 Å². The first-order chi connectivity index (χ1) is 9.59. The molecule has 2 rings (SSSR count). The number of nitrogens with zero attached hydrogens (tertiary/aromatic N) is 3. The monoisotopic (exact) mass is 289 g/mol. The Hall–Kier alpha value is -1.53. The van der Waals surface area contributed by atoms with Gasteiger partial charge in [-0.25, -0.2) is 4.98 Å². The highest BCUT2D eigenvalue weighted by atomic mass is 35.5. The highest BCUT2D eigenvalue weighted by molar-refractivity contribution is 6.17. The molecule has 106 valence electrons. The lowest BCUT2D eigenvalue weighted by Gasteiger charge is -2.31. The average molecular weight is 290 g/mol. The molecule has 0 unspecified atom stereocenters. The van der Waals surface area contributed by atoms with Gasteiger partial charge in [-0.3, -0.25) is 0 Å². The minimum atomic E-state index is 0.00419. The van der Waals surface area contributed by atoms with Crippen LogP contribution in [0.25, 0.3) is 11.0 Å². The van der Waals surface area contributed by atoms with Gasteiger partial charge in [0.15, 0.2) is 0 Å². The van der Waals surface area contributed by atoms with Crippen LogP contribution in [0.4, 0.5) is 0 Å². The highest BCUT2D eigenvalue weighted by Gasteiger charge is 2.27. The van der Waals surface area contributed by atoms with Gasteiger partial charge in [0.1, 0.15) is 5.82 Å². The van der Waals surface area contributed by atoms with Crippen molar-refractivity contribution in [1.29, 1.82) is 5.26 Å². The Balaban J connectivity index is 2.76. The summed E-state index contributed by atoms with van der Waals surface area (Å²) in [6.45, 7) is 6.62. The third-order valence-electron chi connectivity index (χ3n) is 4.23. The molecule has 3 nitrogen and oxygen atoms in total. The number of rotatable bonds is 5. The van der Waals surface area contributed by atoms with Crippen molar-refractivity contribution in [3.63, 3.8) is 0 Å². The fraction of sp³-hybridized carbons (Fsp3) is 0.500. The van der Waals surface area contributed by atoms with Crippen molar-refractivity contribution in [3.05, 3.63) is 29.6 Å². The Kier molecular flexibility index (Phi) is 4.35. The van der Waals surface area contributed by atoms with Crippen molar-refractivity contribution in [2.24, 2.45) is 0 Å². The first-order valence-corrected chi connectivity index (χ1v) is 7.61. The molecule has 0 saturated carbocycles. The highest BCUT2D eigenvalue weighted by Crippen LogP contribution is 2.31. The number of nitriles is 1. The number of hydrogen-bond acceptors (Lipinski definition) is 2. The normalized spacial score (nSPS) is 11.8. The van der Waals surface area contributed by atoms with Crippen molar-refractivity contribution in [2.75, 3.05) is 5.88 Å². The number of aromatic nitrogens is 2. The zero-order valence-electron chi connectivity index (χ0n) is 12.3. The standard InChI is InChI=1S/C16H20ClN3/c1-4-16(3,5-2)20-14-10-12(11-18)6-7-13(14)19-15(20)8-9-17/h6-7,10H,4-5,8-9H2,1-3H3. The van der Waals surface area contributed by atoms with Gasteiger partial charge >= 0.3 is 0 Å². The molecule has 0 aliphatic carbocycles. The molecule has 0 aliphatic heterocycles. The molecule has 0 aliphatic rings. The lowest BCUT2D eigenvalue weighted by molar-refractivity contribution is 0.294. The smallest absolute Gasteiger partial charge is 0.111 e. The van der Waals surface area contributed by atoms with E-state index in [-0.39, 0.29) is 5.54 Å². The molecule has 0 N–H and O–H groups in total. The Morgan fingerprint density at radius 1 is 1.35 bits per heavy atom. The van der Waals surface area contributed by atoms with Crippen LogP contribution >= 0.6 is 11.6 Å². The fourth-order valence-corrected chi connectivity index (χ4v) is 2.78. The molecule has 0 radical (unpaired) electrons. The predicted octanol–water partition coefficient (Wildman–Crippen LogP) is 4.22. The van der Waals surface area contributed by atoms with Crippen molar-refractivity contribution < 1.29 is 0 Å². The van der Waals surface area contributed by atoms with E-state index in [4.69, 9.17) is 21.8 Å². The summed E-state index contributed by atoms with van der Waals surface area (Å²) in [6.07, 6.45) is 2.77. The Bertz CT molecular complexity index is 648. The average Bonchev–Trinajstić information content (AvgIpc) is 2.84. The zero-order chi connectivity index (χ0) is 14.8. The lowest BCUT2D eigenvalue weighted by Crippen LogP contribution is -2.30. The van der Waals surface area contributed by atoms with E-state index < -0.39 is 0 Å². The molecule has 1 aromatic heterocycles. The van der Waals surface area contributed by atoms with Crippen LogP contribution in [0.2, 0.25) is 0 Å². The second-order valence-electron chi connectivity index (χ2n) is 5.32. The summed E-state index contributed by atoms with van der Waals surface area (Å²) in [7, 11) is 0. The van der Waals surface area contributed by atoms with Crippen LogP contribution < -0.4 is 0 Å². The van der Waals surface area contributed by atoms with E-state index in [0.29, 0.717) is 11.4 Å². The molecule has 1 heterocycles. The maximum absolute atomic E-state index is 9.11. The Morgan fingerprint density at radius 3 is 2.60 bits per heavy atom. The second-order valence-corrected chi connectivity index (χ2v) is 5.70. The van der Waals surface area contributed by atoms with Gasteiger partial charge in [-0.05, 0) is 38.0 Å². The van der Waals surface area contributed by atoms with Crippen molar-refractivity contribution >= 4 is 22.6 Å². The first-order valence-electron chi connectivity index (χ1n) is 7.07. The van der Waals surface area contributed by atoms with Crippen molar-refractivity contribution in [2.45, 2.75) is 45.6 Å². The topological polar surface area (TPSA) is 41.6 Å². The molecule has 2 aromatic rings. The molecule has 20 heavy (non-hydrogen) atoms. The van der Waals surface area contributed by atoms with E-state index in [1.807, 2.05) is 18.2 Å². The third-order valence-corrected chi connectivity index (χ3v) is 4.42. The van der Waals surface area contributed by atoms with Crippen LogP contribution in [0.3, 0.4) is 0 Å². The van der Waals surface area contributed by atoms with E-state index in [1.54, 1.807) is 0 Å². The minimum Gasteiger partial charge on any atom is -0.322 e. The fourth-order valence-electron chi connectivity index (χ4n) is 2.62. The number of imidazole rings is 1. The van der Waals surface area contributed by atoms with Crippen molar-refractivity contribution in [1.82, 2.24) is 9.55 Å². The molecule has 0 amide bonds. The number of halogens is 1. The van der Waals surface area contributed by atoms with Gasteiger partial charge in [0, 0.05) is 17.8 Å². The lowest BCUT2D eigenvalue weighted by atomic mass is 9.94. The molecule has 0 spiro atoms. The molecular formula is C16H20ClN3. The Labute approximate surface area is 125 Å². The summed E-state index contributed by atoms with van der Waals surface area (Å²) in [5.41, 5.74) is 2.66. The molecule has 0 fully saturated rings. The summed E-state index contributed by atoms with van der Waals surface area (Å²) in [5.74, 6) is 1.56. The van der Waals surface area contributed by atoms with Crippen LogP contribution in [0, 0.1) is 11.3 Å². The quantitative estimate of drug-likeness (QED) is 0.773. The predicted molar refractivity (Wildman–Crippen MR) is 83.1 cm³/mol. The number of aryl methyl sites for hydroxylation is 1. The number of alkyl halides is 1. The minimum absolute atomic E-state index is 0.00419. The van der Waals surface area contributed by atoms with Gasteiger partial charge in [0.05, 0.1) is 22.7 Å². The second kappa shape index (κ2) is 5.85. The van der Waals surface area contributed by atoms with Gasteiger partial charge in [-0.2, -0.15) is 5.26 Å². The maximum Gasteiger partial charge on any atom is 0.111 e. The van der Waals surface area contributed by atoms with Gasteiger partial charge in [0.25, 0.3) is 0 Å². The van der Waals surface area contributed by atoms with Crippen LogP contribution in [0.5, 0.6) is 0 Å². The largest absolute Gasteiger partial charge is 0.322 e. The summed E-state index contributed by atoms with van der Waals surface area (Å²) >= 11 is 5.92. The number of fused-ring (bicyclic) bond motifs is 1. The number of benzene rings is 1. The molecule has 1 aromatic carbocycles. The molecular weight excluding hydrogens is 270 g/mol. The van der Waals surface area contributed by atoms with Gasteiger partial charge in [0.2, 0.25) is 0 Å². The molecule has 0 saturated heterocycles. The molecule has 0 atom stereocenters. The summed E-state index contributed by atoms with van der Waals surface area (Å²) in [4.78, 5) is 4.71. The third kappa shape index (κ3) is 2.41. The van der Waals surface area contributed by atoms with Crippen molar-refractivity contribution in [3.8, 4) is 6.07 Å². The molecule has 4 heteroatoms. The maximum atomic E-state index is 9.11. The summed E-state index contributed by atoms with van der Waals surface area (Å²) in [5, 5.41) is 9.11. The van der Waals surface area contributed by atoms with Crippen LogP contribution in [-0.2, 0) is 12.0 Å². The summed E-state index contributed by atoms with van der Waals surface area (Å²) < 4.78 is 2.28. The van der Waals surface area contributed by atoms with Crippen LogP contribution in [0.1, 0.15) is 45.0 Å². The van der Waals surface area contributed by atoms with Gasteiger partial charge in [-0.1, -0.05) is 13.8 Å². The van der Waals surface area contributed by atoms with E-state index >= 15 is 0 Å². The SMILES string of the molecule is CCC(C)(CC)n1c(CCCl)nc2ccc(C#N)cc21. The van der Waals surface area contributed by atoms with Crippen LogP contribution in [0.15, 0.2) is 18.2 Å². The number of hydrogen-bond donors (Lipinski definition) is 0. The van der Waals surface area contributed by atoms with Gasteiger partial charge in [-0.15, -0.1) is 11.6 Å². The van der Waals surface area contributed by atoms with Gasteiger partial charge < -0.3 is 4.57 Å². The molecule has 0 bridgehead atoms. The summed E-state index contributed by atoms with van der Waals surface area (Å²) in [6, 6.07) is 7.89. The zero-order valence-corrected chi connectivity index (χ0v) is 13.0. The van der Waals surface area contributed by atoms with E-state index in [0.717, 1.165) is 36.1 Å². The first kappa shape index (κ1) is 14.9. The van der Waals surface area contributed by atoms with E-state index in [1.165, 1.54) is 0 Å². The van der Waals surface area contributed by atoms with Crippen LogP contribution in [-0.4, -0.2) is 15.4 Å².